The van der Waals surface area contributed by atoms with Gasteiger partial charge in [0, 0.05) is 13.0 Å². The molecule has 0 spiro atoms. The van der Waals surface area contributed by atoms with Crippen molar-refractivity contribution in [3.05, 3.63) is 11.9 Å². The van der Waals surface area contributed by atoms with E-state index < -0.39 is 5.97 Å². The van der Waals surface area contributed by atoms with Crippen LogP contribution in [0, 0.1) is 5.41 Å². The van der Waals surface area contributed by atoms with Crippen LogP contribution in [0.2, 0.25) is 0 Å². The average Bonchev–Trinajstić information content (AvgIpc) is 2.74. The molecular weight excluding hydrogens is 248 g/mol. The summed E-state index contributed by atoms with van der Waals surface area (Å²) in [7, 11) is 0. The monoisotopic (exact) mass is 268 g/mol. The zero-order valence-corrected chi connectivity index (χ0v) is 11.5. The number of carbonyl (C=O) groups is 2. The summed E-state index contributed by atoms with van der Waals surface area (Å²) < 4.78 is 1.40. The van der Waals surface area contributed by atoms with Crippen molar-refractivity contribution in [2.45, 2.75) is 40.2 Å². The van der Waals surface area contributed by atoms with Crippen LogP contribution in [-0.2, 0) is 11.3 Å². The number of nitrogens with one attached hydrogen (secondary N) is 1. The second kappa shape index (κ2) is 6.31. The van der Waals surface area contributed by atoms with Crippen LogP contribution in [0.4, 0.5) is 0 Å². The van der Waals surface area contributed by atoms with Gasteiger partial charge >= 0.3 is 5.97 Å². The Bertz CT molecular complexity index is 448. The number of aromatic nitrogens is 3. The Morgan fingerprint density at radius 3 is 2.63 bits per heavy atom. The van der Waals surface area contributed by atoms with Gasteiger partial charge in [-0.1, -0.05) is 26.0 Å². The molecule has 0 fully saturated rings. The van der Waals surface area contributed by atoms with E-state index in [-0.39, 0.29) is 17.0 Å². The molecule has 1 aromatic rings. The molecule has 0 radical (unpaired) electrons. The molecule has 0 saturated heterocycles. The fraction of sp³-hybridized carbons (Fsp3) is 0.667. The van der Waals surface area contributed by atoms with Crippen molar-refractivity contribution in [3.8, 4) is 0 Å². The normalized spacial score (nSPS) is 11.3. The lowest BCUT2D eigenvalue weighted by Crippen LogP contribution is -2.28. The van der Waals surface area contributed by atoms with E-state index in [2.05, 4.69) is 36.4 Å². The van der Waals surface area contributed by atoms with Crippen LogP contribution >= 0.6 is 0 Å². The van der Waals surface area contributed by atoms with Gasteiger partial charge in [-0.05, 0) is 11.8 Å². The average molecular weight is 268 g/mol. The van der Waals surface area contributed by atoms with Crippen LogP contribution in [0.25, 0.3) is 0 Å². The van der Waals surface area contributed by atoms with Crippen molar-refractivity contribution in [1.29, 1.82) is 0 Å². The van der Waals surface area contributed by atoms with E-state index >= 15 is 0 Å². The second-order valence-electron chi connectivity index (χ2n) is 5.58. The number of amides is 1. The number of carboxylic acid groups (broad SMARTS) is 1. The molecule has 0 aromatic carbocycles. The van der Waals surface area contributed by atoms with Gasteiger partial charge in [-0.2, -0.15) is 0 Å². The number of carboxylic acids is 1. The van der Waals surface area contributed by atoms with E-state index in [0.29, 0.717) is 19.5 Å². The maximum atomic E-state index is 11.5. The van der Waals surface area contributed by atoms with Gasteiger partial charge in [-0.15, -0.1) is 5.10 Å². The number of nitrogens with zero attached hydrogens (tertiary/aromatic N) is 3. The third kappa shape index (κ3) is 5.98. The Balaban J connectivity index is 2.26. The van der Waals surface area contributed by atoms with E-state index in [4.69, 9.17) is 5.11 Å². The molecule has 0 aliphatic carbocycles. The van der Waals surface area contributed by atoms with Gasteiger partial charge < -0.3 is 10.4 Å². The summed E-state index contributed by atoms with van der Waals surface area (Å²) in [6, 6.07) is 0. The zero-order valence-electron chi connectivity index (χ0n) is 11.5. The molecule has 0 aliphatic heterocycles. The Kier molecular flexibility index (Phi) is 5.02. The van der Waals surface area contributed by atoms with E-state index in [0.717, 1.165) is 6.42 Å². The molecule has 1 amide bonds. The Morgan fingerprint density at radius 2 is 2.11 bits per heavy atom. The van der Waals surface area contributed by atoms with Crippen molar-refractivity contribution in [3.63, 3.8) is 0 Å². The summed E-state index contributed by atoms with van der Waals surface area (Å²) in [4.78, 5) is 22.1. The second-order valence-corrected chi connectivity index (χ2v) is 5.58. The Labute approximate surface area is 112 Å². The van der Waals surface area contributed by atoms with Gasteiger partial charge in [0.05, 0.1) is 12.7 Å². The van der Waals surface area contributed by atoms with Crippen LogP contribution < -0.4 is 5.32 Å². The standard InChI is InChI=1S/C12H20N4O3/c1-12(2,3)5-4-10(17)13-6-7-16-8-9(11(18)19)14-15-16/h8H,4-7H2,1-3H3,(H,13,17)(H,18,19). The first-order valence-electron chi connectivity index (χ1n) is 6.18. The highest BCUT2D eigenvalue weighted by molar-refractivity contribution is 5.84. The highest BCUT2D eigenvalue weighted by Gasteiger charge is 2.12. The van der Waals surface area contributed by atoms with Gasteiger partial charge in [0.25, 0.3) is 0 Å². The third-order valence-corrected chi connectivity index (χ3v) is 2.52. The van der Waals surface area contributed by atoms with Gasteiger partial charge in [0.2, 0.25) is 5.91 Å². The molecule has 0 unspecified atom stereocenters. The quantitative estimate of drug-likeness (QED) is 0.799. The van der Waals surface area contributed by atoms with Gasteiger partial charge in [-0.25, -0.2) is 9.48 Å². The fourth-order valence-corrected chi connectivity index (χ4v) is 1.39. The van der Waals surface area contributed by atoms with Crippen molar-refractivity contribution in [2.75, 3.05) is 6.54 Å². The van der Waals surface area contributed by atoms with E-state index in [9.17, 15) is 9.59 Å². The molecule has 106 valence electrons. The van der Waals surface area contributed by atoms with Crippen molar-refractivity contribution in [2.24, 2.45) is 5.41 Å². The number of hydrogen-bond donors (Lipinski definition) is 2. The highest BCUT2D eigenvalue weighted by atomic mass is 16.4. The largest absolute Gasteiger partial charge is 0.476 e. The molecule has 7 heteroatoms. The summed E-state index contributed by atoms with van der Waals surface area (Å²) in [6.07, 6.45) is 2.65. The zero-order chi connectivity index (χ0) is 14.5. The topological polar surface area (TPSA) is 97.1 Å². The molecule has 1 aromatic heterocycles. The van der Waals surface area contributed by atoms with Crippen LogP contribution in [0.1, 0.15) is 44.1 Å². The van der Waals surface area contributed by atoms with Crippen molar-refractivity contribution < 1.29 is 14.7 Å². The molecule has 19 heavy (non-hydrogen) atoms. The smallest absolute Gasteiger partial charge is 0.358 e. The van der Waals surface area contributed by atoms with Crippen LogP contribution in [0.15, 0.2) is 6.20 Å². The first kappa shape index (κ1) is 15.1. The lowest BCUT2D eigenvalue weighted by molar-refractivity contribution is -0.121. The summed E-state index contributed by atoms with van der Waals surface area (Å²) in [5.41, 5.74) is 0.0404. The minimum Gasteiger partial charge on any atom is -0.476 e. The van der Waals surface area contributed by atoms with Crippen molar-refractivity contribution in [1.82, 2.24) is 20.3 Å². The molecule has 0 aliphatic rings. The minimum atomic E-state index is -1.11. The molecule has 2 N–H and O–H groups in total. The van der Waals surface area contributed by atoms with Crippen LogP contribution in [0.3, 0.4) is 0 Å². The van der Waals surface area contributed by atoms with Gasteiger partial charge in [-0.3, -0.25) is 4.79 Å². The van der Waals surface area contributed by atoms with Crippen molar-refractivity contribution >= 4 is 11.9 Å². The Morgan fingerprint density at radius 1 is 1.42 bits per heavy atom. The van der Waals surface area contributed by atoms with Crippen LogP contribution in [-0.4, -0.2) is 38.5 Å². The molecular formula is C12H20N4O3. The lowest BCUT2D eigenvalue weighted by Gasteiger charge is -2.17. The maximum absolute atomic E-state index is 11.5. The summed E-state index contributed by atoms with van der Waals surface area (Å²) >= 11 is 0. The maximum Gasteiger partial charge on any atom is 0.358 e. The molecule has 0 atom stereocenters. The molecule has 7 nitrogen and oxygen atoms in total. The predicted octanol–water partition coefficient (Wildman–Crippen LogP) is 0.919. The molecule has 0 saturated carbocycles. The summed E-state index contributed by atoms with van der Waals surface area (Å²) in [5.74, 6) is -1.12. The molecule has 1 rings (SSSR count). The van der Waals surface area contributed by atoms with Crippen LogP contribution in [0.5, 0.6) is 0 Å². The van der Waals surface area contributed by atoms with E-state index in [1.807, 2.05) is 0 Å². The number of hydrogen-bond acceptors (Lipinski definition) is 4. The third-order valence-electron chi connectivity index (χ3n) is 2.52. The first-order chi connectivity index (χ1) is 8.78. The number of carbonyl (C=O) groups excluding carboxylic acids is 1. The number of rotatable bonds is 6. The number of aromatic carboxylic acids is 1. The minimum absolute atomic E-state index is 0.00602. The SMILES string of the molecule is CC(C)(C)CCC(=O)NCCn1cc(C(=O)O)nn1. The van der Waals surface area contributed by atoms with Gasteiger partial charge in [0.15, 0.2) is 5.69 Å². The first-order valence-corrected chi connectivity index (χ1v) is 6.18. The fourth-order valence-electron chi connectivity index (χ4n) is 1.39. The van der Waals surface area contributed by atoms with Gasteiger partial charge in [0.1, 0.15) is 0 Å². The highest BCUT2D eigenvalue weighted by Crippen LogP contribution is 2.19. The lowest BCUT2D eigenvalue weighted by atomic mass is 9.90. The van der Waals surface area contributed by atoms with E-state index in [1.54, 1.807) is 0 Å². The molecule has 0 bridgehead atoms. The predicted molar refractivity (Wildman–Crippen MR) is 68.7 cm³/mol. The summed E-state index contributed by atoms with van der Waals surface area (Å²) in [6.45, 7) is 7.07. The van der Waals surface area contributed by atoms with E-state index in [1.165, 1.54) is 10.9 Å². The molecule has 1 heterocycles. The summed E-state index contributed by atoms with van der Waals surface area (Å²) in [5, 5.41) is 18.6. The Hall–Kier alpha value is -1.92.